The van der Waals surface area contributed by atoms with Crippen molar-refractivity contribution in [3.8, 4) is 0 Å². The van der Waals surface area contributed by atoms with Crippen LogP contribution in [-0.2, 0) is 6.54 Å². The van der Waals surface area contributed by atoms with Crippen molar-refractivity contribution in [1.29, 1.82) is 0 Å². The van der Waals surface area contributed by atoms with Crippen LogP contribution in [0.3, 0.4) is 0 Å². The van der Waals surface area contributed by atoms with Gasteiger partial charge in [0.2, 0.25) is 0 Å². The van der Waals surface area contributed by atoms with E-state index >= 15 is 0 Å². The number of halogens is 3. The van der Waals surface area contributed by atoms with Gasteiger partial charge in [-0.15, -0.1) is 0 Å². The zero-order valence-corrected chi connectivity index (χ0v) is 10.2. The first-order valence-corrected chi connectivity index (χ1v) is 5.76. The number of nitrogens with two attached hydrogens (primary N) is 1. The van der Waals surface area contributed by atoms with Gasteiger partial charge in [-0.2, -0.15) is 13.2 Å². The molecule has 4 nitrogen and oxygen atoms in total. The van der Waals surface area contributed by atoms with Crippen molar-refractivity contribution in [2.45, 2.75) is 25.6 Å². The van der Waals surface area contributed by atoms with E-state index in [-0.39, 0.29) is 18.8 Å². The Morgan fingerprint density at radius 1 is 1.37 bits per heavy atom. The minimum Gasteiger partial charge on any atom is -0.409 e. The van der Waals surface area contributed by atoms with E-state index in [2.05, 4.69) is 10.5 Å². The van der Waals surface area contributed by atoms with E-state index in [9.17, 15) is 13.2 Å². The Labute approximate surface area is 109 Å². The predicted octanol–water partition coefficient (Wildman–Crippen LogP) is 2.21. The van der Waals surface area contributed by atoms with E-state index in [4.69, 9.17) is 10.9 Å². The first-order valence-electron chi connectivity index (χ1n) is 5.76. The van der Waals surface area contributed by atoms with Crippen molar-refractivity contribution >= 4 is 5.84 Å². The molecule has 0 unspecified atom stereocenters. The topological polar surface area (TPSA) is 70.6 Å². The highest BCUT2D eigenvalue weighted by Crippen LogP contribution is 2.20. The fourth-order valence-corrected chi connectivity index (χ4v) is 1.54. The SMILES string of the molecule is N/C(=N/O)c1cccc(CNCCCC(F)(F)F)c1. The number of amidine groups is 1. The highest BCUT2D eigenvalue weighted by atomic mass is 19.4. The summed E-state index contributed by atoms with van der Waals surface area (Å²) in [5.74, 6) is -0.000999. The molecule has 19 heavy (non-hydrogen) atoms. The molecular weight excluding hydrogens is 259 g/mol. The van der Waals surface area contributed by atoms with Gasteiger partial charge in [-0.3, -0.25) is 0 Å². The average molecular weight is 275 g/mol. The third-order valence-corrected chi connectivity index (χ3v) is 2.47. The average Bonchev–Trinajstić information content (AvgIpc) is 2.36. The summed E-state index contributed by atoms with van der Waals surface area (Å²) in [7, 11) is 0. The number of alkyl halides is 3. The van der Waals surface area contributed by atoms with Gasteiger partial charge in [0, 0.05) is 18.5 Å². The molecule has 7 heteroatoms. The maximum Gasteiger partial charge on any atom is 0.389 e. The van der Waals surface area contributed by atoms with Gasteiger partial charge in [0.1, 0.15) is 0 Å². The van der Waals surface area contributed by atoms with Crippen molar-refractivity contribution in [1.82, 2.24) is 5.32 Å². The van der Waals surface area contributed by atoms with E-state index < -0.39 is 12.6 Å². The zero-order valence-electron chi connectivity index (χ0n) is 10.2. The summed E-state index contributed by atoms with van der Waals surface area (Å²) in [6.07, 6.45) is -4.85. The van der Waals surface area contributed by atoms with Crippen molar-refractivity contribution in [2.24, 2.45) is 10.9 Å². The lowest BCUT2D eigenvalue weighted by Crippen LogP contribution is -2.18. The molecule has 1 aromatic carbocycles. The number of hydrogen-bond acceptors (Lipinski definition) is 3. The second-order valence-electron chi connectivity index (χ2n) is 4.08. The fraction of sp³-hybridized carbons (Fsp3) is 0.417. The quantitative estimate of drug-likeness (QED) is 0.245. The van der Waals surface area contributed by atoms with Gasteiger partial charge < -0.3 is 16.3 Å². The highest BCUT2D eigenvalue weighted by molar-refractivity contribution is 5.97. The molecule has 0 radical (unpaired) electrons. The molecule has 0 amide bonds. The maximum atomic E-state index is 11.9. The normalized spacial score (nSPS) is 12.7. The molecule has 0 saturated carbocycles. The summed E-state index contributed by atoms with van der Waals surface area (Å²) < 4.78 is 35.7. The molecular formula is C12H16F3N3O. The second kappa shape index (κ2) is 6.98. The molecule has 0 fully saturated rings. The van der Waals surface area contributed by atoms with Crippen LogP contribution in [0.5, 0.6) is 0 Å². The Kier molecular flexibility index (Phi) is 5.62. The Morgan fingerprint density at radius 2 is 2.11 bits per heavy atom. The second-order valence-corrected chi connectivity index (χ2v) is 4.08. The van der Waals surface area contributed by atoms with Crippen LogP contribution in [-0.4, -0.2) is 23.8 Å². The van der Waals surface area contributed by atoms with Crippen LogP contribution in [0, 0.1) is 0 Å². The first kappa shape index (κ1) is 15.3. The van der Waals surface area contributed by atoms with Crippen LogP contribution in [0.15, 0.2) is 29.4 Å². The number of hydrogen-bond donors (Lipinski definition) is 3. The predicted molar refractivity (Wildman–Crippen MR) is 65.9 cm³/mol. The third kappa shape index (κ3) is 6.10. The van der Waals surface area contributed by atoms with Gasteiger partial charge in [0.15, 0.2) is 5.84 Å². The Bertz CT molecular complexity index is 432. The summed E-state index contributed by atoms with van der Waals surface area (Å²) in [4.78, 5) is 0. The van der Waals surface area contributed by atoms with Crippen molar-refractivity contribution in [3.05, 3.63) is 35.4 Å². The van der Waals surface area contributed by atoms with E-state index in [0.717, 1.165) is 5.56 Å². The lowest BCUT2D eigenvalue weighted by atomic mass is 10.1. The van der Waals surface area contributed by atoms with E-state index in [1.165, 1.54) is 0 Å². The lowest BCUT2D eigenvalue weighted by Gasteiger charge is -2.08. The molecule has 1 rings (SSSR count). The van der Waals surface area contributed by atoms with Gasteiger partial charge in [0.25, 0.3) is 0 Å². The summed E-state index contributed by atoms with van der Waals surface area (Å²) in [6.45, 7) is 0.720. The van der Waals surface area contributed by atoms with Crippen LogP contribution in [0.25, 0.3) is 0 Å². The van der Waals surface area contributed by atoms with Gasteiger partial charge in [0.05, 0.1) is 0 Å². The fourth-order valence-electron chi connectivity index (χ4n) is 1.54. The molecule has 0 spiro atoms. The molecule has 0 bridgehead atoms. The van der Waals surface area contributed by atoms with E-state index in [1.54, 1.807) is 18.2 Å². The van der Waals surface area contributed by atoms with Crippen LogP contribution < -0.4 is 11.1 Å². The van der Waals surface area contributed by atoms with Gasteiger partial charge in [-0.25, -0.2) is 0 Å². The van der Waals surface area contributed by atoms with Crippen LogP contribution >= 0.6 is 0 Å². The molecule has 0 saturated heterocycles. The largest absolute Gasteiger partial charge is 0.409 e. The summed E-state index contributed by atoms with van der Waals surface area (Å²) in [5, 5.41) is 14.3. The molecule has 0 aliphatic rings. The molecule has 4 N–H and O–H groups in total. The van der Waals surface area contributed by atoms with Gasteiger partial charge in [-0.1, -0.05) is 23.4 Å². The molecule has 0 heterocycles. The van der Waals surface area contributed by atoms with Crippen LogP contribution in [0.4, 0.5) is 13.2 Å². The van der Waals surface area contributed by atoms with E-state index in [1.807, 2.05) is 6.07 Å². The number of nitrogens with one attached hydrogen (secondary N) is 1. The number of nitrogens with zero attached hydrogens (tertiary/aromatic N) is 1. The van der Waals surface area contributed by atoms with Gasteiger partial charge >= 0.3 is 6.18 Å². The van der Waals surface area contributed by atoms with Crippen molar-refractivity contribution in [3.63, 3.8) is 0 Å². The molecule has 0 atom stereocenters. The minimum absolute atomic E-state index is 0.000999. The minimum atomic E-state index is -4.10. The smallest absolute Gasteiger partial charge is 0.389 e. The van der Waals surface area contributed by atoms with E-state index in [0.29, 0.717) is 12.1 Å². The summed E-state index contributed by atoms with van der Waals surface area (Å²) in [6, 6.07) is 6.94. The van der Waals surface area contributed by atoms with Gasteiger partial charge in [-0.05, 0) is 24.6 Å². The molecule has 0 aromatic heterocycles. The van der Waals surface area contributed by atoms with Crippen LogP contribution in [0.1, 0.15) is 24.0 Å². The zero-order chi connectivity index (χ0) is 14.3. The molecule has 0 aliphatic carbocycles. The highest BCUT2D eigenvalue weighted by Gasteiger charge is 2.25. The Balaban J connectivity index is 2.38. The summed E-state index contributed by atoms with van der Waals surface area (Å²) >= 11 is 0. The molecule has 106 valence electrons. The number of benzene rings is 1. The van der Waals surface area contributed by atoms with Crippen LogP contribution in [0.2, 0.25) is 0 Å². The molecule has 0 aliphatic heterocycles. The standard InChI is InChI=1S/C12H16F3N3O/c13-12(14,15)5-2-6-17-8-9-3-1-4-10(7-9)11(16)18-19/h1,3-4,7,17,19H,2,5-6,8H2,(H2,16,18). The third-order valence-electron chi connectivity index (χ3n) is 2.47. The van der Waals surface area contributed by atoms with Crippen molar-refractivity contribution in [2.75, 3.05) is 6.54 Å². The summed E-state index contributed by atoms with van der Waals surface area (Å²) in [5.41, 5.74) is 6.87. The lowest BCUT2D eigenvalue weighted by molar-refractivity contribution is -0.135. The molecule has 1 aromatic rings. The monoisotopic (exact) mass is 275 g/mol. The maximum absolute atomic E-state index is 11.9. The Morgan fingerprint density at radius 3 is 2.74 bits per heavy atom. The van der Waals surface area contributed by atoms with Crippen molar-refractivity contribution < 1.29 is 18.4 Å². The number of oxime groups is 1. The first-order chi connectivity index (χ1) is 8.92. The Hall–Kier alpha value is -1.76. The number of rotatable bonds is 6.